The lowest BCUT2D eigenvalue weighted by Crippen LogP contribution is -2.27. The first kappa shape index (κ1) is 23.3. The molecule has 29 heavy (non-hydrogen) atoms. The van der Waals surface area contributed by atoms with Crippen LogP contribution in [0.4, 0.5) is 9.39 Å². The summed E-state index contributed by atoms with van der Waals surface area (Å²) in [5.41, 5.74) is 6.66. The summed E-state index contributed by atoms with van der Waals surface area (Å²) in [5, 5.41) is 2.99. The first-order valence-electron chi connectivity index (χ1n) is 8.58. The second-order valence-electron chi connectivity index (χ2n) is 6.63. The van der Waals surface area contributed by atoms with Gasteiger partial charge in [0.15, 0.2) is 9.84 Å². The summed E-state index contributed by atoms with van der Waals surface area (Å²) in [4.78, 5) is 27.2. The van der Waals surface area contributed by atoms with E-state index >= 15 is 0 Å². The van der Waals surface area contributed by atoms with Gasteiger partial charge in [0.1, 0.15) is 10.8 Å². The van der Waals surface area contributed by atoms with E-state index in [1.54, 1.807) is 0 Å². The Bertz CT molecular complexity index is 1020. The summed E-state index contributed by atoms with van der Waals surface area (Å²) < 4.78 is 37.5. The van der Waals surface area contributed by atoms with Gasteiger partial charge < -0.3 is 16.0 Å². The van der Waals surface area contributed by atoms with Crippen LogP contribution in [-0.4, -0.2) is 44.5 Å². The Hall–Kier alpha value is -2.01. The van der Waals surface area contributed by atoms with Gasteiger partial charge in [-0.25, -0.2) is 12.8 Å². The first-order chi connectivity index (χ1) is 13.2. The first-order valence-corrected chi connectivity index (χ1v) is 11.1. The highest BCUT2D eigenvalue weighted by molar-refractivity contribution is 7.91. The molecule has 0 bridgehead atoms. The third kappa shape index (κ3) is 5.33. The number of sulfone groups is 1. The Balaban J connectivity index is 0.00000300. The third-order valence-corrected chi connectivity index (χ3v) is 7.38. The van der Waals surface area contributed by atoms with Crippen molar-refractivity contribution in [3.05, 3.63) is 46.1 Å². The van der Waals surface area contributed by atoms with E-state index in [9.17, 15) is 22.4 Å². The van der Waals surface area contributed by atoms with Crippen molar-refractivity contribution in [3.8, 4) is 0 Å². The van der Waals surface area contributed by atoms with Gasteiger partial charge >= 0.3 is 0 Å². The number of carbonyl (C=O) groups excluding carboxylic acids is 2. The topological polar surface area (TPSA) is 110 Å². The van der Waals surface area contributed by atoms with Crippen molar-refractivity contribution in [2.24, 2.45) is 5.73 Å². The molecule has 1 aromatic carbocycles. The molecule has 0 atom stereocenters. The molecule has 1 aromatic heterocycles. The number of anilines is 1. The molecule has 2 amide bonds. The molecule has 0 saturated heterocycles. The summed E-state index contributed by atoms with van der Waals surface area (Å²) in [5.74, 6) is -2.11. The van der Waals surface area contributed by atoms with Crippen molar-refractivity contribution in [1.82, 2.24) is 4.90 Å². The van der Waals surface area contributed by atoms with Gasteiger partial charge in [0, 0.05) is 24.4 Å². The van der Waals surface area contributed by atoms with E-state index in [1.165, 1.54) is 11.3 Å². The SMILES string of the molecule is CN1CCc2c(sc(NC(=O)CCS(=O)(=O)c3ccc(F)cc3)c2C(N)=O)C1.Cl. The number of nitrogens with zero attached hydrogens (tertiary/aromatic N) is 1. The van der Waals surface area contributed by atoms with E-state index in [1.807, 2.05) is 7.05 Å². The lowest BCUT2D eigenvalue weighted by atomic mass is 10.0. The molecule has 7 nitrogen and oxygen atoms in total. The Kier molecular flexibility index (Phi) is 7.39. The highest BCUT2D eigenvalue weighted by Crippen LogP contribution is 2.36. The fourth-order valence-electron chi connectivity index (χ4n) is 3.06. The monoisotopic (exact) mass is 461 g/mol. The zero-order chi connectivity index (χ0) is 20.5. The van der Waals surface area contributed by atoms with Crippen molar-refractivity contribution in [2.75, 3.05) is 24.7 Å². The maximum atomic E-state index is 13.0. The Morgan fingerprint density at radius 1 is 1.28 bits per heavy atom. The molecule has 0 spiro atoms. The van der Waals surface area contributed by atoms with Crippen LogP contribution in [0.5, 0.6) is 0 Å². The molecule has 2 heterocycles. The quantitative estimate of drug-likeness (QED) is 0.641. The number of amides is 2. The minimum atomic E-state index is -3.72. The zero-order valence-electron chi connectivity index (χ0n) is 15.6. The van der Waals surface area contributed by atoms with E-state index in [2.05, 4.69) is 10.2 Å². The van der Waals surface area contributed by atoms with E-state index in [0.717, 1.165) is 41.3 Å². The molecule has 0 radical (unpaired) electrons. The molecule has 3 N–H and O–H groups in total. The number of nitrogens with two attached hydrogens (primary N) is 1. The molecule has 1 aliphatic rings. The van der Waals surface area contributed by atoms with Crippen molar-refractivity contribution in [3.63, 3.8) is 0 Å². The average molecular weight is 462 g/mol. The van der Waals surface area contributed by atoms with Gasteiger partial charge in [0.2, 0.25) is 5.91 Å². The standard InChI is InChI=1S/C18H20FN3O4S2.ClH/c1-22-8-6-13-14(10-22)27-18(16(13)17(20)24)21-15(23)7-9-28(25,26)12-4-2-11(19)3-5-12;/h2-5H,6-10H2,1H3,(H2,20,24)(H,21,23);1H. The van der Waals surface area contributed by atoms with Crippen molar-refractivity contribution >= 4 is 50.4 Å². The van der Waals surface area contributed by atoms with Crippen molar-refractivity contribution in [2.45, 2.75) is 24.3 Å². The number of benzene rings is 1. The number of nitrogens with one attached hydrogen (secondary N) is 1. The summed E-state index contributed by atoms with van der Waals surface area (Å²) in [6, 6.07) is 4.44. The van der Waals surface area contributed by atoms with Gasteiger partial charge in [-0.15, -0.1) is 23.7 Å². The number of rotatable bonds is 6. The average Bonchev–Trinajstić information content (AvgIpc) is 2.97. The van der Waals surface area contributed by atoms with Crippen molar-refractivity contribution in [1.29, 1.82) is 0 Å². The maximum Gasteiger partial charge on any atom is 0.251 e. The molecule has 0 unspecified atom stereocenters. The van der Waals surface area contributed by atoms with Crippen LogP contribution >= 0.6 is 23.7 Å². The molecule has 2 aromatic rings. The molecule has 1 aliphatic heterocycles. The molecular formula is C18H21ClFN3O4S2. The Morgan fingerprint density at radius 2 is 1.93 bits per heavy atom. The van der Waals surface area contributed by atoms with Crippen LogP contribution in [0, 0.1) is 5.82 Å². The van der Waals surface area contributed by atoms with Crippen molar-refractivity contribution < 1.29 is 22.4 Å². The number of hydrogen-bond donors (Lipinski definition) is 2. The largest absolute Gasteiger partial charge is 0.365 e. The number of carbonyl (C=O) groups is 2. The second-order valence-corrected chi connectivity index (χ2v) is 9.85. The van der Waals surface area contributed by atoms with Gasteiger partial charge in [-0.1, -0.05) is 0 Å². The van der Waals surface area contributed by atoms with Gasteiger partial charge in [-0.05, 0) is 43.3 Å². The van der Waals surface area contributed by atoms with Crippen LogP contribution in [0.2, 0.25) is 0 Å². The van der Waals surface area contributed by atoms with Crippen LogP contribution < -0.4 is 11.1 Å². The highest BCUT2D eigenvalue weighted by Gasteiger charge is 2.27. The normalized spacial score (nSPS) is 14.0. The summed E-state index contributed by atoms with van der Waals surface area (Å²) in [6.45, 7) is 1.45. The maximum absolute atomic E-state index is 13.0. The number of primary amides is 1. The number of halogens is 2. The van der Waals surface area contributed by atoms with Gasteiger partial charge in [0.25, 0.3) is 5.91 Å². The molecule has 158 valence electrons. The highest BCUT2D eigenvalue weighted by atomic mass is 35.5. The molecule has 0 aliphatic carbocycles. The number of likely N-dealkylation sites (N-methyl/N-ethyl adjacent to an activating group) is 1. The molecule has 11 heteroatoms. The van der Waals surface area contributed by atoms with Crippen LogP contribution in [0.3, 0.4) is 0 Å². The Morgan fingerprint density at radius 3 is 2.55 bits per heavy atom. The van der Waals surface area contributed by atoms with E-state index in [4.69, 9.17) is 5.73 Å². The predicted molar refractivity (Wildman–Crippen MR) is 112 cm³/mol. The fourth-order valence-corrected chi connectivity index (χ4v) is 5.65. The minimum absolute atomic E-state index is 0. The summed E-state index contributed by atoms with van der Waals surface area (Å²) in [6.07, 6.45) is 0.371. The van der Waals surface area contributed by atoms with Crippen LogP contribution in [-0.2, 0) is 27.6 Å². The summed E-state index contributed by atoms with van der Waals surface area (Å²) >= 11 is 1.29. The van der Waals surface area contributed by atoms with Gasteiger partial charge in [-0.3, -0.25) is 9.59 Å². The van der Waals surface area contributed by atoms with Crippen LogP contribution in [0.1, 0.15) is 27.2 Å². The van der Waals surface area contributed by atoms with E-state index in [0.29, 0.717) is 23.5 Å². The zero-order valence-corrected chi connectivity index (χ0v) is 18.1. The van der Waals surface area contributed by atoms with E-state index < -0.39 is 33.2 Å². The van der Waals surface area contributed by atoms with E-state index in [-0.39, 0.29) is 23.7 Å². The third-order valence-electron chi connectivity index (χ3n) is 4.52. The minimum Gasteiger partial charge on any atom is -0.365 e. The van der Waals surface area contributed by atoms with Crippen LogP contribution in [0.25, 0.3) is 0 Å². The van der Waals surface area contributed by atoms with Gasteiger partial charge in [-0.2, -0.15) is 0 Å². The number of fused-ring (bicyclic) bond motifs is 1. The Labute approximate surface area is 178 Å². The smallest absolute Gasteiger partial charge is 0.251 e. The fraction of sp³-hybridized carbons (Fsp3) is 0.333. The second kappa shape index (κ2) is 9.21. The molecule has 0 fully saturated rings. The predicted octanol–water partition coefficient (Wildman–Crippen LogP) is 2.20. The number of hydrogen-bond acceptors (Lipinski definition) is 6. The summed E-state index contributed by atoms with van der Waals surface area (Å²) in [7, 11) is -1.76. The molecular weight excluding hydrogens is 441 g/mol. The number of thiophene rings is 1. The van der Waals surface area contributed by atoms with Gasteiger partial charge in [0.05, 0.1) is 16.2 Å². The lowest BCUT2D eigenvalue weighted by Gasteiger charge is -2.22. The molecule has 0 saturated carbocycles. The lowest BCUT2D eigenvalue weighted by molar-refractivity contribution is -0.115. The molecule has 3 rings (SSSR count). The van der Waals surface area contributed by atoms with Crippen LogP contribution in [0.15, 0.2) is 29.2 Å².